The van der Waals surface area contributed by atoms with Crippen LogP contribution in [-0.4, -0.2) is 19.5 Å². The molecule has 9 aromatic carbocycles. The van der Waals surface area contributed by atoms with Gasteiger partial charge in [0.2, 0.25) is 0 Å². The van der Waals surface area contributed by atoms with Gasteiger partial charge in [0.25, 0.3) is 0 Å². The number of para-hydroxylation sites is 2. The van der Waals surface area contributed by atoms with Crippen LogP contribution in [0.4, 0.5) is 0 Å². The molecule has 59 heavy (non-hydrogen) atoms. The highest BCUT2D eigenvalue weighted by atomic mass is 15.0. The summed E-state index contributed by atoms with van der Waals surface area (Å²) >= 11 is 0. The predicted octanol–water partition coefficient (Wildman–Crippen LogP) is 14.1. The Morgan fingerprint density at radius 3 is 1.46 bits per heavy atom. The van der Waals surface area contributed by atoms with Gasteiger partial charge in [0.1, 0.15) is 0 Å². The van der Waals surface area contributed by atoms with Crippen LogP contribution in [0.25, 0.3) is 106 Å². The summed E-state index contributed by atoms with van der Waals surface area (Å²) in [4.78, 5) is 15.2. The average molecular weight is 753 g/mol. The first-order valence-electron chi connectivity index (χ1n) is 19.9. The third kappa shape index (κ3) is 6.24. The van der Waals surface area contributed by atoms with Crippen LogP contribution in [0.5, 0.6) is 0 Å². The zero-order valence-corrected chi connectivity index (χ0v) is 32.1. The van der Waals surface area contributed by atoms with Gasteiger partial charge >= 0.3 is 0 Å². The molecule has 2 heterocycles. The van der Waals surface area contributed by atoms with Crippen LogP contribution in [-0.2, 0) is 0 Å². The molecule has 0 saturated carbocycles. The summed E-state index contributed by atoms with van der Waals surface area (Å²) < 4.78 is 2.41. The maximum absolute atomic E-state index is 5.11. The normalized spacial score (nSPS) is 11.4. The van der Waals surface area contributed by atoms with Gasteiger partial charge in [-0.15, -0.1) is 0 Å². The van der Waals surface area contributed by atoms with Gasteiger partial charge in [-0.2, -0.15) is 0 Å². The van der Waals surface area contributed by atoms with Crippen molar-refractivity contribution in [2.24, 2.45) is 0 Å². The van der Waals surface area contributed by atoms with Gasteiger partial charge in [-0.05, 0) is 68.9 Å². The molecule has 0 N–H and O–H groups in total. The van der Waals surface area contributed by atoms with Crippen LogP contribution in [0.3, 0.4) is 0 Å². The molecular weight excluding hydrogens is 717 g/mol. The highest BCUT2D eigenvalue weighted by Gasteiger charge is 2.19. The molecule has 11 aromatic rings. The first-order valence-corrected chi connectivity index (χ1v) is 19.9. The van der Waals surface area contributed by atoms with Crippen LogP contribution in [0.2, 0.25) is 0 Å². The SMILES string of the molecule is c1ccc(-c2ccc3cc(-c4nc(-c5ccccc5)nc(-c5ccc(-c6ccccc6-n6c7ccccc7c7c(-c8ccccc8)cccc76)cc5)n4)ccc3c2)cc1. The van der Waals surface area contributed by atoms with Crippen LogP contribution in [0.1, 0.15) is 0 Å². The summed E-state index contributed by atoms with van der Waals surface area (Å²) in [6, 6.07) is 77.0. The standard InChI is InChI=1S/C55H36N4/c1-4-15-37(16-5-1)42-31-32-44-36-45(34-33-43(44)35-42)55-57-53(40-19-8-3-9-20-40)56-54(58-55)41-29-27-39(28-30-41)46-21-10-12-24-49(46)59-50-25-13-11-22-48(50)52-47(23-14-26-51(52)59)38-17-6-2-7-18-38/h1-36H. The van der Waals surface area contributed by atoms with E-state index in [-0.39, 0.29) is 0 Å². The molecule has 2 aromatic heterocycles. The maximum Gasteiger partial charge on any atom is 0.164 e. The van der Waals surface area contributed by atoms with Gasteiger partial charge in [-0.1, -0.05) is 188 Å². The molecule has 11 rings (SSSR count). The molecule has 276 valence electrons. The van der Waals surface area contributed by atoms with Gasteiger partial charge in [0.15, 0.2) is 17.5 Å². The van der Waals surface area contributed by atoms with Gasteiger partial charge in [-0.3, -0.25) is 0 Å². The first kappa shape index (κ1) is 34.3. The zero-order chi connectivity index (χ0) is 39.1. The van der Waals surface area contributed by atoms with Crippen LogP contribution in [0.15, 0.2) is 218 Å². The third-order valence-corrected chi connectivity index (χ3v) is 11.3. The summed E-state index contributed by atoms with van der Waals surface area (Å²) in [5, 5.41) is 4.78. The van der Waals surface area contributed by atoms with Crippen molar-refractivity contribution in [3.8, 4) is 73.2 Å². The van der Waals surface area contributed by atoms with Crippen molar-refractivity contribution >= 4 is 32.6 Å². The molecule has 0 aliphatic carbocycles. The Morgan fingerprint density at radius 1 is 0.288 bits per heavy atom. The molecule has 0 saturated heterocycles. The van der Waals surface area contributed by atoms with E-state index < -0.39 is 0 Å². The Morgan fingerprint density at radius 2 is 0.746 bits per heavy atom. The van der Waals surface area contributed by atoms with Crippen molar-refractivity contribution in [2.75, 3.05) is 0 Å². The average Bonchev–Trinajstić information content (AvgIpc) is 3.66. The number of hydrogen-bond acceptors (Lipinski definition) is 3. The van der Waals surface area contributed by atoms with E-state index in [0.717, 1.165) is 38.9 Å². The fourth-order valence-corrected chi connectivity index (χ4v) is 8.39. The summed E-state index contributed by atoms with van der Waals surface area (Å²) in [7, 11) is 0. The fourth-order valence-electron chi connectivity index (χ4n) is 8.39. The van der Waals surface area contributed by atoms with Gasteiger partial charge in [0, 0.05) is 33.0 Å². The zero-order valence-electron chi connectivity index (χ0n) is 32.1. The first-order chi connectivity index (χ1) is 29.2. The maximum atomic E-state index is 5.11. The quantitative estimate of drug-likeness (QED) is 0.163. The summed E-state index contributed by atoms with van der Waals surface area (Å²) in [5.74, 6) is 1.91. The van der Waals surface area contributed by atoms with E-state index in [4.69, 9.17) is 15.0 Å². The fraction of sp³-hybridized carbons (Fsp3) is 0. The molecule has 0 atom stereocenters. The highest BCUT2D eigenvalue weighted by molar-refractivity contribution is 6.16. The van der Waals surface area contributed by atoms with Gasteiger partial charge in [0.05, 0.1) is 16.7 Å². The van der Waals surface area contributed by atoms with Crippen LogP contribution >= 0.6 is 0 Å². The number of aromatic nitrogens is 4. The van der Waals surface area contributed by atoms with Crippen LogP contribution in [0, 0.1) is 0 Å². The molecule has 0 aliphatic rings. The topological polar surface area (TPSA) is 43.6 Å². The van der Waals surface area contributed by atoms with E-state index in [2.05, 4.69) is 187 Å². The van der Waals surface area contributed by atoms with E-state index in [1.54, 1.807) is 0 Å². The molecule has 0 unspecified atom stereocenters. The summed E-state index contributed by atoms with van der Waals surface area (Å²) in [6.45, 7) is 0. The molecule has 0 amide bonds. The van der Waals surface area contributed by atoms with Crippen LogP contribution < -0.4 is 0 Å². The summed E-state index contributed by atoms with van der Waals surface area (Å²) in [5.41, 5.74) is 13.4. The van der Waals surface area contributed by atoms with E-state index >= 15 is 0 Å². The lowest BCUT2D eigenvalue weighted by atomic mass is 9.99. The molecule has 4 heteroatoms. The van der Waals surface area contributed by atoms with Gasteiger partial charge in [-0.25, -0.2) is 15.0 Å². The summed E-state index contributed by atoms with van der Waals surface area (Å²) in [6.07, 6.45) is 0. The van der Waals surface area contributed by atoms with Crippen molar-refractivity contribution in [1.82, 2.24) is 19.5 Å². The van der Waals surface area contributed by atoms with Crippen molar-refractivity contribution < 1.29 is 0 Å². The molecule has 0 fully saturated rings. The van der Waals surface area contributed by atoms with E-state index in [1.807, 2.05) is 36.4 Å². The largest absolute Gasteiger partial charge is 0.309 e. The third-order valence-electron chi connectivity index (χ3n) is 11.3. The van der Waals surface area contributed by atoms with Crippen molar-refractivity contribution in [1.29, 1.82) is 0 Å². The monoisotopic (exact) mass is 752 g/mol. The second-order valence-electron chi connectivity index (χ2n) is 14.8. The Kier molecular flexibility index (Phi) is 8.45. The minimum absolute atomic E-state index is 0.629. The van der Waals surface area contributed by atoms with Crippen molar-refractivity contribution in [2.45, 2.75) is 0 Å². The predicted molar refractivity (Wildman–Crippen MR) is 244 cm³/mol. The molecule has 0 spiro atoms. The van der Waals surface area contributed by atoms with E-state index in [0.29, 0.717) is 17.5 Å². The second kappa shape index (κ2) is 14.5. The molecular formula is C55H36N4. The molecule has 0 radical (unpaired) electrons. The van der Waals surface area contributed by atoms with Crippen molar-refractivity contribution in [3.63, 3.8) is 0 Å². The number of hydrogen-bond donors (Lipinski definition) is 0. The number of rotatable bonds is 7. The van der Waals surface area contributed by atoms with E-state index in [9.17, 15) is 0 Å². The Labute approximate surface area is 342 Å². The Balaban J connectivity index is 1.00. The molecule has 0 aliphatic heterocycles. The number of benzene rings is 9. The Bertz CT molecular complexity index is 3300. The number of fused-ring (bicyclic) bond motifs is 4. The van der Waals surface area contributed by atoms with Crippen molar-refractivity contribution in [3.05, 3.63) is 218 Å². The van der Waals surface area contributed by atoms with Gasteiger partial charge < -0.3 is 4.57 Å². The number of nitrogens with zero attached hydrogens (tertiary/aromatic N) is 4. The lowest BCUT2D eigenvalue weighted by Crippen LogP contribution is -2.00. The minimum Gasteiger partial charge on any atom is -0.309 e. The lowest BCUT2D eigenvalue weighted by molar-refractivity contribution is 1.07. The smallest absolute Gasteiger partial charge is 0.164 e. The highest BCUT2D eigenvalue weighted by Crippen LogP contribution is 2.41. The lowest BCUT2D eigenvalue weighted by Gasteiger charge is -2.15. The second-order valence-corrected chi connectivity index (χ2v) is 14.8. The Hall–Kier alpha value is -7.95. The molecule has 0 bridgehead atoms. The minimum atomic E-state index is 0.629. The van der Waals surface area contributed by atoms with E-state index in [1.165, 1.54) is 49.4 Å². The molecule has 4 nitrogen and oxygen atoms in total.